The fraction of sp³-hybridized carbons (Fsp3) is 0.167. The summed E-state index contributed by atoms with van der Waals surface area (Å²) in [6.45, 7) is 2.21. The molecule has 0 radical (unpaired) electrons. The highest BCUT2D eigenvalue weighted by atomic mass is 19.1. The van der Waals surface area contributed by atoms with E-state index in [0.717, 1.165) is 11.1 Å². The van der Waals surface area contributed by atoms with Gasteiger partial charge < -0.3 is 10.3 Å². The first-order valence-electron chi connectivity index (χ1n) is 5.17. The lowest BCUT2D eigenvalue weighted by Crippen LogP contribution is -1.92. The Hall–Kier alpha value is -2.01. The molecule has 1 aromatic carbocycles. The van der Waals surface area contributed by atoms with E-state index in [4.69, 9.17) is 10.3 Å². The second-order valence-electron chi connectivity index (χ2n) is 3.55. The van der Waals surface area contributed by atoms with Crippen molar-refractivity contribution >= 4 is 6.08 Å². The van der Waals surface area contributed by atoms with E-state index in [-0.39, 0.29) is 5.82 Å². The average molecular weight is 233 g/mol. The fourth-order valence-electron chi connectivity index (χ4n) is 1.46. The molecular formula is C12H12FN3O. The summed E-state index contributed by atoms with van der Waals surface area (Å²) in [5.74, 6) is 0.548. The van der Waals surface area contributed by atoms with E-state index >= 15 is 0 Å². The van der Waals surface area contributed by atoms with Gasteiger partial charge in [0.15, 0.2) is 0 Å². The molecule has 0 aliphatic heterocycles. The van der Waals surface area contributed by atoms with Crippen LogP contribution in [0.3, 0.4) is 0 Å². The number of nitrogens with zero attached hydrogens (tertiary/aromatic N) is 2. The lowest BCUT2D eigenvalue weighted by atomic mass is 10.1. The number of aromatic nitrogens is 2. The number of hydrogen-bond acceptors (Lipinski definition) is 4. The van der Waals surface area contributed by atoms with Crippen LogP contribution in [0.1, 0.15) is 11.5 Å². The summed E-state index contributed by atoms with van der Waals surface area (Å²) in [4.78, 5) is 4.17. The van der Waals surface area contributed by atoms with E-state index in [0.29, 0.717) is 18.3 Å². The van der Waals surface area contributed by atoms with Gasteiger partial charge in [-0.15, -0.1) is 0 Å². The molecule has 0 fully saturated rings. The molecule has 0 aliphatic carbocycles. The molecule has 0 aliphatic rings. The molecule has 0 unspecified atom stereocenters. The molecule has 2 N–H and O–H groups in total. The molecule has 0 saturated carbocycles. The minimum Gasteiger partial charge on any atom is -0.334 e. The lowest BCUT2D eigenvalue weighted by Gasteiger charge is -1.99. The Morgan fingerprint density at radius 1 is 1.47 bits per heavy atom. The van der Waals surface area contributed by atoms with E-state index in [1.807, 2.05) is 0 Å². The van der Waals surface area contributed by atoms with Crippen molar-refractivity contribution in [2.75, 3.05) is 6.54 Å². The second kappa shape index (κ2) is 4.88. The van der Waals surface area contributed by atoms with Gasteiger partial charge in [0.1, 0.15) is 5.82 Å². The Bertz CT molecular complexity index is 548. The van der Waals surface area contributed by atoms with Crippen molar-refractivity contribution in [3.8, 4) is 11.4 Å². The highest BCUT2D eigenvalue weighted by Crippen LogP contribution is 2.21. The van der Waals surface area contributed by atoms with Crippen molar-refractivity contribution in [1.82, 2.24) is 10.1 Å². The zero-order valence-electron chi connectivity index (χ0n) is 9.35. The van der Waals surface area contributed by atoms with Crippen LogP contribution in [0.25, 0.3) is 17.5 Å². The summed E-state index contributed by atoms with van der Waals surface area (Å²) >= 11 is 0. The quantitative estimate of drug-likeness (QED) is 0.882. The van der Waals surface area contributed by atoms with Crippen molar-refractivity contribution in [2.24, 2.45) is 5.73 Å². The Labute approximate surface area is 97.9 Å². The van der Waals surface area contributed by atoms with Crippen LogP contribution in [0.2, 0.25) is 0 Å². The van der Waals surface area contributed by atoms with E-state index in [1.54, 1.807) is 25.1 Å². The van der Waals surface area contributed by atoms with Gasteiger partial charge in [0, 0.05) is 18.2 Å². The summed E-state index contributed by atoms with van der Waals surface area (Å²) in [5.41, 5.74) is 6.83. The molecule has 1 aromatic heterocycles. The van der Waals surface area contributed by atoms with E-state index in [2.05, 4.69) is 10.1 Å². The molecule has 2 rings (SSSR count). The van der Waals surface area contributed by atoms with Gasteiger partial charge in [-0.2, -0.15) is 4.98 Å². The summed E-state index contributed by atoms with van der Waals surface area (Å²) in [6.07, 6.45) is 3.37. The number of aryl methyl sites for hydroxylation is 1. The van der Waals surface area contributed by atoms with Gasteiger partial charge in [-0.25, -0.2) is 4.39 Å². The summed E-state index contributed by atoms with van der Waals surface area (Å²) in [5, 5.41) is 3.83. The third-order valence-electron chi connectivity index (χ3n) is 2.27. The summed E-state index contributed by atoms with van der Waals surface area (Å²) in [6, 6.07) is 4.43. The molecule has 0 amide bonds. The molecule has 0 bridgehead atoms. The fourth-order valence-corrected chi connectivity index (χ4v) is 1.46. The molecule has 0 spiro atoms. The molecule has 1 heterocycles. The van der Waals surface area contributed by atoms with Gasteiger partial charge in [-0.3, -0.25) is 0 Å². The minimum absolute atomic E-state index is 0.280. The first kappa shape index (κ1) is 11.5. The maximum absolute atomic E-state index is 12.9. The van der Waals surface area contributed by atoms with Crippen LogP contribution in [-0.2, 0) is 0 Å². The zero-order chi connectivity index (χ0) is 12.3. The van der Waals surface area contributed by atoms with Gasteiger partial charge >= 0.3 is 0 Å². The van der Waals surface area contributed by atoms with Crippen molar-refractivity contribution in [3.63, 3.8) is 0 Å². The van der Waals surface area contributed by atoms with E-state index in [9.17, 15) is 4.39 Å². The van der Waals surface area contributed by atoms with Gasteiger partial charge in [-0.1, -0.05) is 11.2 Å². The van der Waals surface area contributed by atoms with Crippen molar-refractivity contribution < 1.29 is 8.91 Å². The second-order valence-corrected chi connectivity index (χ2v) is 3.55. The highest BCUT2D eigenvalue weighted by molar-refractivity contribution is 5.60. The third-order valence-corrected chi connectivity index (χ3v) is 2.27. The predicted octanol–water partition coefficient (Wildman–Crippen LogP) is 2.16. The zero-order valence-corrected chi connectivity index (χ0v) is 9.35. The number of hydrogen-bond donors (Lipinski definition) is 1. The molecule has 88 valence electrons. The average Bonchev–Trinajstić information content (AvgIpc) is 2.75. The summed E-state index contributed by atoms with van der Waals surface area (Å²) < 4.78 is 18.0. The molecule has 5 heteroatoms. The van der Waals surface area contributed by atoms with Crippen LogP contribution in [-0.4, -0.2) is 16.7 Å². The first-order chi connectivity index (χ1) is 8.20. The van der Waals surface area contributed by atoms with E-state index in [1.165, 1.54) is 12.1 Å². The molecule has 0 saturated heterocycles. The number of halogens is 1. The van der Waals surface area contributed by atoms with Crippen LogP contribution in [0.4, 0.5) is 4.39 Å². The van der Waals surface area contributed by atoms with E-state index < -0.39 is 0 Å². The lowest BCUT2D eigenvalue weighted by molar-refractivity contribution is 0.411. The van der Waals surface area contributed by atoms with Gasteiger partial charge in [-0.05, 0) is 30.7 Å². The topological polar surface area (TPSA) is 64.9 Å². The third kappa shape index (κ3) is 2.57. The first-order valence-corrected chi connectivity index (χ1v) is 5.17. The molecule has 2 aromatic rings. The van der Waals surface area contributed by atoms with Crippen molar-refractivity contribution in [1.29, 1.82) is 0 Å². The maximum Gasteiger partial charge on any atom is 0.250 e. The van der Waals surface area contributed by atoms with Gasteiger partial charge in [0.2, 0.25) is 5.82 Å². The van der Waals surface area contributed by atoms with Crippen LogP contribution in [0, 0.1) is 12.7 Å². The molecule has 4 nitrogen and oxygen atoms in total. The normalized spacial score (nSPS) is 11.2. The van der Waals surface area contributed by atoms with Crippen LogP contribution < -0.4 is 5.73 Å². The number of nitrogens with two attached hydrogens (primary N) is 1. The van der Waals surface area contributed by atoms with Gasteiger partial charge in [0.25, 0.3) is 5.89 Å². The Balaban J connectivity index is 2.33. The van der Waals surface area contributed by atoms with Crippen LogP contribution in [0.5, 0.6) is 0 Å². The van der Waals surface area contributed by atoms with Crippen LogP contribution in [0.15, 0.2) is 28.8 Å². The molecule has 0 atom stereocenters. The minimum atomic E-state index is -0.280. The molecular weight excluding hydrogens is 221 g/mol. The standard InChI is InChI=1S/C12H12FN3O/c1-8-7-9(13)4-5-10(8)12-15-11(17-16-12)3-2-6-14/h2-5,7H,6,14H2,1H3/b3-2+. The number of benzene rings is 1. The molecule has 17 heavy (non-hydrogen) atoms. The smallest absolute Gasteiger partial charge is 0.250 e. The largest absolute Gasteiger partial charge is 0.334 e. The Kier molecular flexibility index (Phi) is 3.30. The Morgan fingerprint density at radius 3 is 3.00 bits per heavy atom. The van der Waals surface area contributed by atoms with Crippen LogP contribution >= 0.6 is 0 Å². The predicted molar refractivity (Wildman–Crippen MR) is 62.5 cm³/mol. The summed E-state index contributed by atoms with van der Waals surface area (Å²) in [7, 11) is 0. The number of rotatable bonds is 3. The van der Waals surface area contributed by atoms with Crippen molar-refractivity contribution in [3.05, 3.63) is 41.5 Å². The monoisotopic (exact) mass is 233 g/mol. The highest BCUT2D eigenvalue weighted by Gasteiger charge is 2.09. The van der Waals surface area contributed by atoms with Gasteiger partial charge in [0.05, 0.1) is 0 Å². The maximum atomic E-state index is 12.9. The SMILES string of the molecule is Cc1cc(F)ccc1-c1noc(/C=C/CN)n1. The Morgan fingerprint density at radius 2 is 2.29 bits per heavy atom. The van der Waals surface area contributed by atoms with Crippen molar-refractivity contribution in [2.45, 2.75) is 6.92 Å².